The molecule has 18 heavy (non-hydrogen) atoms. The molecule has 0 fully saturated rings. The van der Waals surface area contributed by atoms with E-state index in [0.29, 0.717) is 12.3 Å². The smallest absolute Gasteiger partial charge is 0.358 e. The summed E-state index contributed by atoms with van der Waals surface area (Å²) in [6.45, 7) is 0.556. The fraction of sp³-hybridized carbons (Fsp3) is 0.182. The van der Waals surface area contributed by atoms with Crippen molar-refractivity contribution in [3.8, 4) is 5.75 Å². The highest BCUT2D eigenvalue weighted by Gasteiger charge is 2.07. The van der Waals surface area contributed by atoms with Gasteiger partial charge in [-0.05, 0) is 18.2 Å². The average Bonchev–Trinajstić information content (AvgIpc) is 2.78. The Morgan fingerprint density at radius 1 is 1.44 bits per heavy atom. The van der Waals surface area contributed by atoms with Gasteiger partial charge >= 0.3 is 5.97 Å². The van der Waals surface area contributed by atoms with Crippen LogP contribution < -0.4 is 0 Å². The van der Waals surface area contributed by atoms with Crippen LogP contribution in [0, 0.1) is 0 Å². The number of aryl methyl sites for hydroxylation is 1. The molecule has 0 spiro atoms. The Hall–Kier alpha value is -2.02. The van der Waals surface area contributed by atoms with Crippen LogP contribution in [0.4, 0.5) is 0 Å². The standard InChI is InChI=1S/C11H11N3O3S/c15-8-2-1-3-9(6-8)18-5-4-14-7-10(11(16)17)12-13-14/h1-3,6-7,15H,4-5H2,(H,16,17). The van der Waals surface area contributed by atoms with Crippen molar-refractivity contribution in [1.29, 1.82) is 0 Å². The molecule has 0 aliphatic heterocycles. The normalized spacial score (nSPS) is 10.4. The van der Waals surface area contributed by atoms with Gasteiger partial charge in [0, 0.05) is 10.6 Å². The van der Waals surface area contributed by atoms with E-state index in [4.69, 9.17) is 5.11 Å². The Morgan fingerprint density at radius 3 is 2.94 bits per heavy atom. The number of phenolic OH excluding ortho intramolecular Hbond substituents is 1. The molecule has 2 N–H and O–H groups in total. The number of nitrogens with zero attached hydrogens (tertiary/aromatic N) is 3. The van der Waals surface area contributed by atoms with Gasteiger partial charge in [-0.25, -0.2) is 4.79 Å². The first kappa shape index (κ1) is 12.4. The first-order valence-electron chi connectivity index (χ1n) is 5.20. The van der Waals surface area contributed by atoms with Gasteiger partial charge in [0.25, 0.3) is 0 Å². The SMILES string of the molecule is O=C(O)c1cn(CCSc2cccc(O)c2)nn1. The number of hydrogen-bond donors (Lipinski definition) is 2. The molecule has 6 nitrogen and oxygen atoms in total. The third-order valence-corrected chi connectivity index (χ3v) is 3.14. The summed E-state index contributed by atoms with van der Waals surface area (Å²) in [5, 5.41) is 25.2. The number of aromatic carboxylic acids is 1. The minimum absolute atomic E-state index is 0.0580. The second-order valence-electron chi connectivity index (χ2n) is 3.52. The largest absolute Gasteiger partial charge is 0.508 e. The second kappa shape index (κ2) is 5.54. The van der Waals surface area contributed by atoms with Crippen LogP contribution in [0.2, 0.25) is 0 Å². The molecule has 1 aromatic heterocycles. The van der Waals surface area contributed by atoms with Crippen molar-refractivity contribution in [2.45, 2.75) is 11.4 Å². The van der Waals surface area contributed by atoms with E-state index in [0.717, 1.165) is 4.90 Å². The minimum atomic E-state index is -1.08. The monoisotopic (exact) mass is 265 g/mol. The topological polar surface area (TPSA) is 88.2 Å². The fourth-order valence-corrected chi connectivity index (χ4v) is 2.23. The molecular formula is C11H11N3O3S. The Kier molecular flexibility index (Phi) is 3.83. The Bertz CT molecular complexity index is 556. The maximum absolute atomic E-state index is 10.6. The van der Waals surface area contributed by atoms with E-state index in [2.05, 4.69) is 10.3 Å². The summed E-state index contributed by atoms with van der Waals surface area (Å²) in [6.07, 6.45) is 1.39. The van der Waals surface area contributed by atoms with Crippen LogP contribution in [-0.2, 0) is 6.54 Å². The molecule has 94 valence electrons. The molecule has 0 aliphatic carbocycles. The van der Waals surface area contributed by atoms with E-state index in [-0.39, 0.29) is 11.4 Å². The zero-order valence-corrected chi connectivity index (χ0v) is 10.2. The molecule has 0 bridgehead atoms. The molecule has 7 heteroatoms. The number of rotatable bonds is 5. The number of hydrogen-bond acceptors (Lipinski definition) is 5. The molecule has 0 aliphatic rings. The van der Waals surface area contributed by atoms with Crippen molar-refractivity contribution in [3.63, 3.8) is 0 Å². The molecule has 0 amide bonds. The summed E-state index contributed by atoms with van der Waals surface area (Å²) in [5.74, 6) is -0.137. The number of carboxylic acid groups (broad SMARTS) is 1. The minimum Gasteiger partial charge on any atom is -0.508 e. The Morgan fingerprint density at radius 2 is 2.28 bits per heavy atom. The maximum atomic E-state index is 10.6. The molecule has 1 heterocycles. The number of phenols is 1. The Balaban J connectivity index is 1.86. The number of benzene rings is 1. The lowest BCUT2D eigenvalue weighted by Gasteiger charge is -2.01. The van der Waals surface area contributed by atoms with E-state index < -0.39 is 5.97 Å². The number of carboxylic acids is 1. The Labute approximate surface area is 107 Å². The van der Waals surface area contributed by atoms with Crippen molar-refractivity contribution in [1.82, 2.24) is 15.0 Å². The van der Waals surface area contributed by atoms with Gasteiger partial charge in [0.1, 0.15) is 5.75 Å². The lowest BCUT2D eigenvalue weighted by Crippen LogP contribution is -2.01. The van der Waals surface area contributed by atoms with E-state index >= 15 is 0 Å². The van der Waals surface area contributed by atoms with Crippen LogP contribution in [0.15, 0.2) is 35.4 Å². The van der Waals surface area contributed by atoms with Gasteiger partial charge in [-0.15, -0.1) is 16.9 Å². The third-order valence-electron chi connectivity index (χ3n) is 2.16. The zero-order valence-electron chi connectivity index (χ0n) is 9.35. The fourth-order valence-electron chi connectivity index (χ4n) is 1.34. The van der Waals surface area contributed by atoms with E-state index in [1.807, 2.05) is 6.07 Å². The first-order valence-corrected chi connectivity index (χ1v) is 6.19. The van der Waals surface area contributed by atoms with Crippen LogP contribution in [0.5, 0.6) is 5.75 Å². The van der Waals surface area contributed by atoms with Crippen LogP contribution in [0.1, 0.15) is 10.5 Å². The molecule has 0 atom stereocenters. The number of aromatic hydroxyl groups is 1. The van der Waals surface area contributed by atoms with Crippen LogP contribution in [-0.4, -0.2) is 36.9 Å². The van der Waals surface area contributed by atoms with E-state index in [1.54, 1.807) is 30.0 Å². The van der Waals surface area contributed by atoms with Gasteiger partial charge < -0.3 is 10.2 Å². The number of thioether (sulfide) groups is 1. The summed E-state index contributed by atoms with van der Waals surface area (Å²) in [4.78, 5) is 11.6. The molecule has 2 rings (SSSR count). The highest BCUT2D eigenvalue weighted by atomic mass is 32.2. The molecular weight excluding hydrogens is 254 g/mol. The van der Waals surface area contributed by atoms with Crippen molar-refractivity contribution >= 4 is 17.7 Å². The zero-order chi connectivity index (χ0) is 13.0. The van der Waals surface area contributed by atoms with Crippen LogP contribution in [0.3, 0.4) is 0 Å². The molecule has 0 radical (unpaired) electrons. The van der Waals surface area contributed by atoms with Crippen molar-refractivity contribution < 1.29 is 15.0 Å². The molecule has 0 unspecified atom stereocenters. The molecule has 0 saturated heterocycles. The van der Waals surface area contributed by atoms with Gasteiger partial charge in [0.2, 0.25) is 0 Å². The number of aromatic nitrogens is 3. The second-order valence-corrected chi connectivity index (χ2v) is 4.69. The highest BCUT2D eigenvalue weighted by molar-refractivity contribution is 7.99. The van der Waals surface area contributed by atoms with Crippen molar-refractivity contribution in [3.05, 3.63) is 36.2 Å². The van der Waals surface area contributed by atoms with Gasteiger partial charge in [-0.1, -0.05) is 11.3 Å². The predicted octanol–water partition coefficient (Wildman–Crippen LogP) is 1.47. The quantitative estimate of drug-likeness (QED) is 0.796. The van der Waals surface area contributed by atoms with Gasteiger partial charge in [0.05, 0.1) is 12.7 Å². The van der Waals surface area contributed by atoms with Crippen molar-refractivity contribution in [2.24, 2.45) is 0 Å². The van der Waals surface area contributed by atoms with Gasteiger partial charge in [0.15, 0.2) is 5.69 Å². The van der Waals surface area contributed by atoms with E-state index in [1.165, 1.54) is 10.9 Å². The van der Waals surface area contributed by atoms with Crippen LogP contribution in [0.25, 0.3) is 0 Å². The number of carbonyl (C=O) groups is 1. The van der Waals surface area contributed by atoms with Gasteiger partial charge in [-0.3, -0.25) is 4.68 Å². The maximum Gasteiger partial charge on any atom is 0.358 e. The van der Waals surface area contributed by atoms with Gasteiger partial charge in [-0.2, -0.15) is 0 Å². The summed E-state index contributed by atoms with van der Waals surface area (Å²) in [7, 11) is 0. The summed E-state index contributed by atoms with van der Waals surface area (Å²) < 4.78 is 1.49. The van der Waals surface area contributed by atoms with Crippen LogP contribution >= 0.6 is 11.8 Å². The predicted molar refractivity (Wildman–Crippen MR) is 65.8 cm³/mol. The summed E-state index contributed by atoms with van der Waals surface area (Å²) >= 11 is 1.55. The molecule has 1 aromatic carbocycles. The lowest BCUT2D eigenvalue weighted by molar-refractivity contribution is 0.0690. The molecule has 0 saturated carbocycles. The van der Waals surface area contributed by atoms with E-state index in [9.17, 15) is 9.90 Å². The van der Waals surface area contributed by atoms with Crippen molar-refractivity contribution in [2.75, 3.05) is 5.75 Å². The molecule has 2 aromatic rings. The first-order chi connectivity index (χ1) is 8.65. The average molecular weight is 265 g/mol. The lowest BCUT2D eigenvalue weighted by atomic mass is 10.3. The highest BCUT2D eigenvalue weighted by Crippen LogP contribution is 2.21. The summed E-state index contributed by atoms with van der Waals surface area (Å²) in [5.41, 5.74) is -0.0580. The third kappa shape index (κ3) is 3.24. The summed E-state index contributed by atoms with van der Waals surface area (Å²) in [6, 6.07) is 6.96.